The number of rotatable bonds is 1. The Bertz CT molecular complexity index is 650. The highest BCUT2D eigenvalue weighted by Gasteiger charge is 2.39. The van der Waals surface area contributed by atoms with Crippen LogP contribution in [0.3, 0.4) is 0 Å². The molecule has 96 valence electrons. The zero-order chi connectivity index (χ0) is 13.5. The molecule has 2 rings (SSSR count). The van der Waals surface area contributed by atoms with Gasteiger partial charge in [-0.15, -0.1) is 0 Å². The molecule has 8 heteroatoms. The molecule has 1 aliphatic heterocycles. The fourth-order valence-electron chi connectivity index (χ4n) is 1.63. The number of carbonyl (C=O) groups is 1. The van der Waals surface area contributed by atoms with Gasteiger partial charge in [-0.2, -0.15) is 0 Å². The molecule has 0 aromatic carbocycles. The van der Waals surface area contributed by atoms with Gasteiger partial charge in [-0.1, -0.05) is 0 Å². The molecule has 0 bridgehead atoms. The SMILES string of the molecule is COC(=O)C1=C(O)c2ncccc2S(=O)(=O)N1C. The summed E-state index contributed by atoms with van der Waals surface area (Å²) in [7, 11) is -1.65. The van der Waals surface area contributed by atoms with Crippen LogP contribution < -0.4 is 0 Å². The lowest BCUT2D eigenvalue weighted by Gasteiger charge is -2.26. The molecule has 0 aliphatic carbocycles. The van der Waals surface area contributed by atoms with Gasteiger partial charge in [0.2, 0.25) is 0 Å². The number of sulfonamides is 1. The average Bonchev–Trinajstić information content (AvgIpc) is 2.37. The number of methoxy groups -OCH3 is 1. The molecule has 18 heavy (non-hydrogen) atoms. The third-order valence-corrected chi connectivity index (χ3v) is 4.34. The Labute approximate surface area is 103 Å². The first-order valence-electron chi connectivity index (χ1n) is 4.87. The zero-order valence-corrected chi connectivity index (χ0v) is 10.4. The molecule has 0 radical (unpaired) electrons. The first kappa shape index (κ1) is 12.4. The van der Waals surface area contributed by atoms with E-state index in [1.807, 2.05) is 0 Å². The molecule has 1 aromatic rings. The number of aliphatic hydroxyl groups is 1. The van der Waals surface area contributed by atoms with Crippen molar-refractivity contribution in [3.8, 4) is 0 Å². The van der Waals surface area contributed by atoms with Crippen LogP contribution in [-0.4, -0.2) is 42.9 Å². The van der Waals surface area contributed by atoms with Crippen molar-refractivity contribution in [1.29, 1.82) is 0 Å². The van der Waals surface area contributed by atoms with Crippen LogP contribution >= 0.6 is 0 Å². The van der Waals surface area contributed by atoms with Crippen LogP contribution in [0, 0.1) is 0 Å². The normalized spacial score (nSPS) is 17.3. The fourth-order valence-corrected chi connectivity index (χ4v) is 2.97. The minimum atomic E-state index is -3.91. The largest absolute Gasteiger partial charge is 0.504 e. The first-order valence-corrected chi connectivity index (χ1v) is 6.31. The summed E-state index contributed by atoms with van der Waals surface area (Å²) in [4.78, 5) is 15.1. The molecule has 0 spiro atoms. The second-order valence-electron chi connectivity index (χ2n) is 3.51. The summed E-state index contributed by atoms with van der Waals surface area (Å²) >= 11 is 0. The van der Waals surface area contributed by atoms with Crippen LogP contribution in [0.25, 0.3) is 5.76 Å². The summed E-state index contributed by atoms with van der Waals surface area (Å²) in [5.74, 6) is -1.47. The van der Waals surface area contributed by atoms with Gasteiger partial charge in [0.15, 0.2) is 11.5 Å². The van der Waals surface area contributed by atoms with Gasteiger partial charge in [0, 0.05) is 13.2 Å². The second-order valence-corrected chi connectivity index (χ2v) is 5.45. The number of aliphatic hydroxyl groups excluding tert-OH is 1. The average molecular weight is 270 g/mol. The summed E-state index contributed by atoms with van der Waals surface area (Å²) in [6, 6.07) is 2.74. The summed E-state index contributed by atoms with van der Waals surface area (Å²) in [5.41, 5.74) is -0.611. The lowest BCUT2D eigenvalue weighted by atomic mass is 10.2. The third-order valence-electron chi connectivity index (χ3n) is 2.55. The van der Waals surface area contributed by atoms with E-state index < -0.39 is 27.4 Å². The van der Waals surface area contributed by atoms with Crippen molar-refractivity contribution in [3.05, 3.63) is 29.7 Å². The number of hydrogen-bond acceptors (Lipinski definition) is 6. The fraction of sp³-hybridized carbons (Fsp3) is 0.200. The molecule has 7 nitrogen and oxygen atoms in total. The molecule has 0 saturated carbocycles. The monoisotopic (exact) mass is 270 g/mol. The summed E-state index contributed by atoms with van der Waals surface area (Å²) in [5, 5.41) is 9.94. The minimum Gasteiger partial charge on any atom is -0.504 e. The van der Waals surface area contributed by atoms with Crippen molar-refractivity contribution in [1.82, 2.24) is 9.29 Å². The maximum Gasteiger partial charge on any atom is 0.359 e. The molecule has 0 saturated heterocycles. The Balaban J connectivity index is 2.81. The van der Waals surface area contributed by atoms with Crippen molar-refractivity contribution < 1.29 is 23.1 Å². The Kier molecular flexibility index (Phi) is 2.74. The Morgan fingerprint density at radius 3 is 2.78 bits per heavy atom. The van der Waals surface area contributed by atoms with Crippen molar-refractivity contribution >= 4 is 21.8 Å². The molecule has 1 aliphatic rings. The molecule has 0 atom stereocenters. The highest BCUT2D eigenvalue weighted by atomic mass is 32.2. The van der Waals surface area contributed by atoms with Gasteiger partial charge >= 0.3 is 5.97 Å². The Hall–Kier alpha value is -2.09. The molecule has 0 amide bonds. The lowest BCUT2D eigenvalue weighted by Crippen LogP contribution is -2.35. The van der Waals surface area contributed by atoms with Crippen molar-refractivity contribution in [3.63, 3.8) is 0 Å². The van der Waals surface area contributed by atoms with Gasteiger partial charge in [-0.3, -0.25) is 9.29 Å². The van der Waals surface area contributed by atoms with Gasteiger partial charge in [0.1, 0.15) is 10.6 Å². The molecule has 0 fully saturated rings. The van der Waals surface area contributed by atoms with Crippen molar-refractivity contribution in [2.45, 2.75) is 4.90 Å². The Morgan fingerprint density at radius 2 is 2.17 bits per heavy atom. The van der Waals surface area contributed by atoms with Gasteiger partial charge in [-0.05, 0) is 12.1 Å². The number of likely N-dealkylation sites (N-methyl/N-ethyl adjacent to an activating group) is 1. The van der Waals surface area contributed by atoms with E-state index >= 15 is 0 Å². The molecule has 2 heterocycles. The maximum atomic E-state index is 12.1. The smallest absolute Gasteiger partial charge is 0.359 e. The number of nitrogens with zero attached hydrogens (tertiary/aromatic N) is 2. The first-order chi connectivity index (χ1) is 8.41. The topological polar surface area (TPSA) is 96.8 Å². The highest BCUT2D eigenvalue weighted by Crippen LogP contribution is 2.33. The summed E-state index contributed by atoms with van der Waals surface area (Å²) < 4.78 is 29.4. The van der Waals surface area contributed by atoms with E-state index in [-0.39, 0.29) is 10.6 Å². The number of esters is 1. The van der Waals surface area contributed by atoms with Crippen LogP contribution in [0.5, 0.6) is 0 Å². The predicted molar refractivity (Wildman–Crippen MR) is 60.8 cm³/mol. The summed E-state index contributed by atoms with van der Waals surface area (Å²) in [6.07, 6.45) is 1.32. The number of hydrogen-bond donors (Lipinski definition) is 1. The van der Waals surface area contributed by atoms with Crippen LogP contribution in [0.4, 0.5) is 0 Å². The number of pyridine rings is 1. The minimum absolute atomic E-state index is 0.155. The van der Waals surface area contributed by atoms with Gasteiger partial charge in [-0.25, -0.2) is 13.2 Å². The van der Waals surface area contributed by atoms with E-state index in [9.17, 15) is 18.3 Å². The van der Waals surface area contributed by atoms with Gasteiger partial charge < -0.3 is 9.84 Å². The van der Waals surface area contributed by atoms with Gasteiger partial charge in [0.05, 0.1) is 7.11 Å². The van der Waals surface area contributed by atoms with E-state index in [1.165, 1.54) is 18.3 Å². The van der Waals surface area contributed by atoms with Crippen LogP contribution in [0.15, 0.2) is 28.9 Å². The quantitative estimate of drug-likeness (QED) is 0.728. The highest BCUT2D eigenvalue weighted by molar-refractivity contribution is 7.89. The van der Waals surface area contributed by atoms with Gasteiger partial charge in [0.25, 0.3) is 10.0 Å². The van der Waals surface area contributed by atoms with E-state index in [0.29, 0.717) is 4.31 Å². The van der Waals surface area contributed by atoms with E-state index in [4.69, 9.17) is 0 Å². The second kappa shape index (κ2) is 3.98. The van der Waals surface area contributed by atoms with E-state index in [1.54, 1.807) is 0 Å². The number of fused-ring (bicyclic) bond motifs is 1. The molecular weight excluding hydrogens is 260 g/mol. The molecule has 0 unspecified atom stereocenters. The molecular formula is C10H10N2O5S. The standard InChI is InChI=1S/C10H10N2O5S/c1-12-8(10(14)17-2)9(13)7-6(18(12,15)16)4-3-5-11-7/h3-5,13H,1-2H3. The number of ether oxygens (including phenoxy) is 1. The van der Waals surface area contributed by atoms with Crippen molar-refractivity contribution in [2.24, 2.45) is 0 Å². The van der Waals surface area contributed by atoms with Crippen LogP contribution in [0.2, 0.25) is 0 Å². The lowest BCUT2D eigenvalue weighted by molar-refractivity contribution is -0.137. The summed E-state index contributed by atoms with van der Waals surface area (Å²) in [6.45, 7) is 0. The zero-order valence-electron chi connectivity index (χ0n) is 9.61. The molecule has 1 N–H and O–H groups in total. The van der Waals surface area contributed by atoms with Crippen LogP contribution in [-0.2, 0) is 19.6 Å². The van der Waals surface area contributed by atoms with Crippen molar-refractivity contribution in [2.75, 3.05) is 14.2 Å². The molecule has 1 aromatic heterocycles. The van der Waals surface area contributed by atoms with E-state index in [0.717, 1.165) is 14.2 Å². The number of aromatic nitrogens is 1. The Morgan fingerprint density at radius 1 is 1.50 bits per heavy atom. The predicted octanol–water partition coefficient (Wildman–Crippen LogP) is 0.115. The number of carbonyl (C=O) groups excluding carboxylic acids is 1. The maximum absolute atomic E-state index is 12.1. The van der Waals surface area contributed by atoms with E-state index in [2.05, 4.69) is 9.72 Å². The van der Waals surface area contributed by atoms with Crippen LogP contribution in [0.1, 0.15) is 5.69 Å². The third kappa shape index (κ3) is 1.53.